The number of amides is 3. The molecular formula is C25H31N3O7. The van der Waals surface area contributed by atoms with Gasteiger partial charge in [0, 0.05) is 18.2 Å². The van der Waals surface area contributed by atoms with E-state index in [1.165, 1.54) is 20.1 Å². The molecule has 0 aliphatic rings. The molecule has 3 N–H and O–H groups in total. The second-order valence-corrected chi connectivity index (χ2v) is 7.90. The average molecular weight is 486 g/mol. The Morgan fingerprint density at radius 2 is 1.66 bits per heavy atom. The second kappa shape index (κ2) is 13.0. The molecular weight excluding hydrogens is 454 g/mol. The van der Waals surface area contributed by atoms with Gasteiger partial charge in [0.1, 0.15) is 17.5 Å². The molecule has 188 valence electrons. The highest BCUT2D eigenvalue weighted by Crippen LogP contribution is 2.27. The lowest BCUT2D eigenvalue weighted by molar-refractivity contribution is -0.150. The number of carbonyl (C=O) groups excluding carboxylic acids is 4. The van der Waals surface area contributed by atoms with Gasteiger partial charge in [-0.2, -0.15) is 0 Å². The molecule has 2 aromatic carbocycles. The predicted molar refractivity (Wildman–Crippen MR) is 131 cm³/mol. The first kappa shape index (κ1) is 27.2. The zero-order chi connectivity index (χ0) is 26.0. The molecule has 0 bridgehead atoms. The summed E-state index contributed by atoms with van der Waals surface area (Å²) >= 11 is 0. The van der Waals surface area contributed by atoms with Crippen LogP contribution < -0.4 is 25.4 Å². The molecule has 10 heteroatoms. The molecule has 2 rings (SSSR count). The number of nitrogens with one attached hydrogen (secondary N) is 3. The van der Waals surface area contributed by atoms with E-state index < -0.39 is 30.4 Å². The summed E-state index contributed by atoms with van der Waals surface area (Å²) in [5.74, 6) is -1.37. The first-order chi connectivity index (χ1) is 16.6. The van der Waals surface area contributed by atoms with E-state index in [1.54, 1.807) is 50.2 Å². The van der Waals surface area contributed by atoms with Crippen molar-refractivity contribution in [2.75, 3.05) is 31.0 Å². The number of esters is 1. The van der Waals surface area contributed by atoms with Crippen LogP contribution in [0.4, 0.5) is 11.4 Å². The number of carbonyl (C=O) groups is 4. The zero-order valence-electron chi connectivity index (χ0n) is 20.5. The Bertz CT molecular complexity index is 1050. The molecule has 0 fully saturated rings. The standard InChI is InChI=1S/C25H31N3O7/c1-6-34-19-10-7-17(8-11-19)24(31)28-23(15(2)3)25(32)35-14-22(30)27-20-13-18(26-16(4)29)9-12-21(20)33-5/h7-13,15,23H,6,14H2,1-5H3,(H,26,29)(H,27,30)(H,28,31)/t23-/m0/s1. The molecule has 0 aliphatic carbocycles. The highest BCUT2D eigenvalue weighted by atomic mass is 16.5. The lowest BCUT2D eigenvalue weighted by Gasteiger charge is -2.21. The van der Waals surface area contributed by atoms with Gasteiger partial charge in [0.05, 0.1) is 19.4 Å². The first-order valence-corrected chi connectivity index (χ1v) is 11.1. The van der Waals surface area contributed by atoms with Crippen molar-refractivity contribution in [2.24, 2.45) is 5.92 Å². The van der Waals surface area contributed by atoms with E-state index >= 15 is 0 Å². The lowest BCUT2D eigenvalue weighted by Crippen LogP contribution is -2.45. The molecule has 10 nitrogen and oxygen atoms in total. The van der Waals surface area contributed by atoms with Crippen molar-refractivity contribution < 1.29 is 33.4 Å². The van der Waals surface area contributed by atoms with E-state index in [2.05, 4.69) is 16.0 Å². The van der Waals surface area contributed by atoms with E-state index in [0.29, 0.717) is 35.0 Å². The van der Waals surface area contributed by atoms with Crippen molar-refractivity contribution in [3.63, 3.8) is 0 Å². The summed E-state index contributed by atoms with van der Waals surface area (Å²) in [4.78, 5) is 48.9. The van der Waals surface area contributed by atoms with Crippen molar-refractivity contribution in [2.45, 2.75) is 33.7 Å². The molecule has 3 amide bonds. The van der Waals surface area contributed by atoms with E-state index in [0.717, 1.165) is 0 Å². The predicted octanol–water partition coefficient (Wildman–Crippen LogP) is 2.99. The van der Waals surface area contributed by atoms with Crippen molar-refractivity contribution in [3.05, 3.63) is 48.0 Å². The van der Waals surface area contributed by atoms with Crippen LogP contribution in [0.2, 0.25) is 0 Å². The summed E-state index contributed by atoms with van der Waals surface area (Å²) < 4.78 is 15.7. The van der Waals surface area contributed by atoms with E-state index in [1.807, 2.05) is 6.92 Å². The van der Waals surface area contributed by atoms with E-state index in [4.69, 9.17) is 14.2 Å². The summed E-state index contributed by atoms with van der Waals surface area (Å²) in [5, 5.41) is 7.85. The van der Waals surface area contributed by atoms with Crippen molar-refractivity contribution in [1.29, 1.82) is 0 Å². The maximum absolute atomic E-state index is 12.6. The maximum atomic E-state index is 12.6. The summed E-state index contributed by atoms with van der Waals surface area (Å²) in [6, 6.07) is 10.3. The van der Waals surface area contributed by atoms with Gasteiger partial charge in [0.2, 0.25) is 5.91 Å². The maximum Gasteiger partial charge on any atom is 0.329 e. The summed E-state index contributed by atoms with van der Waals surface area (Å²) in [6.07, 6.45) is 0. The Hall–Kier alpha value is -4.08. The summed E-state index contributed by atoms with van der Waals surface area (Å²) in [7, 11) is 1.43. The van der Waals surface area contributed by atoms with E-state index in [-0.39, 0.29) is 11.8 Å². The Labute approximate surface area is 204 Å². The third kappa shape index (κ3) is 8.33. The van der Waals surface area contributed by atoms with Crippen LogP contribution in [-0.4, -0.2) is 50.1 Å². The third-order valence-electron chi connectivity index (χ3n) is 4.77. The van der Waals surface area contributed by atoms with Crippen LogP contribution in [0, 0.1) is 5.92 Å². The number of hydrogen-bond acceptors (Lipinski definition) is 7. The molecule has 0 aromatic heterocycles. The topological polar surface area (TPSA) is 132 Å². The van der Waals surface area contributed by atoms with Crippen LogP contribution in [-0.2, 0) is 19.1 Å². The zero-order valence-corrected chi connectivity index (χ0v) is 20.5. The molecule has 1 atom stereocenters. The van der Waals surface area contributed by atoms with E-state index in [9.17, 15) is 19.2 Å². The second-order valence-electron chi connectivity index (χ2n) is 7.90. The molecule has 35 heavy (non-hydrogen) atoms. The summed E-state index contributed by atoms with van der Waals surface area (Å²) in [6.45, 7) is 6.66. The fourth-order valence-corrected chi connectivity index (χ4v) is 3.09. The lowest BCUT2D eigenvalue weighted by atomic mass is 10.0. The number of methoxy groups -OCH3 is 1. The van der Waals surface area contributed by atoms with Gasteiger partial charge in [-0.15, -0.1) is 0 Å². The van der Waals surface area contributed by atoms with Crippen LogP contribution >= 0.6 is 0 Å². The Kier molecular flexibility index (Phi) is 10.1. The molecule has 0 saturated carbocycles. The van der Waals surface area contributed by atoms with Gasteiger partial charge in [-0.1, -0.05) is 13.8 Å². The van der Waals surface area contributed by atoms with Gasteiger partial charge in [-0.3, -0.25) is 14.4 Å². The SMILES string of the molecule is CCOc1ccc(C(=O)N[C@H](C(=O)OCC(=O)Nc2cc(NC(C)=O)ccc2OC)C(C)C)cc1. The number of anilines is 2. The fourth-order valence-electron chi connectivity index (χ4n) is 3.09. The Morgan fingerprint density at radius 3 is 2.23 bits per heavy atom. The Balaban J connectivity index is 1.99. The smallest absolute Gasteiger partial charge is 0.329 e. The number of rotatable bonds is 11. The third-order valence-corrected chi connectivity index (χ3v) is 4.77. The minimum atomic E-state index is -0.959. The molecule has 0 spiro atoms. The van der Waals surface area contributed by atoms with Crippen LogP contribution in [0.25, 0.3) is 0 Å². The van der Waals surface area contributed by atoms with Crippen LogP contribution in [0.1, 0.15) is 38.1 Å². The van der Waals surface area contributed by atoms with Crippen molar-refractivity contribution in [3.8, 4) is 11.5 Å². The largest absolute Gasteiger partial charge is 0.495 e. The van der Waals surface area contributed by atoms with Crippen molar-refractivity contribution in [1.82, 2.24) is 5.32 Å². The Morgan fingerprint density at radius 1 is 0.971 bits per heavy atom. The van der Waals surface area contributed by atoms with Crippen LogP contribution in [0.3, 0.4) is 0 Å². The minimum Gasteiger partial charge on any atom is -0.495 e. The van der Waals surface area contributed by atoms with Gasteiger partial charge in [0.15, 0.2) is 6.61 Å². The average Bonchev–Trinajstić information content (AvgIpc) is 2.81. The molecule has 0 unspecified atom stereocenters. The molecule has 0 heterocycles. The van der Waals surface area contributed by atoms with Gasteiger partial charge in [0.25, 0.3) is 11.8 Å². The number of ether oxygens (including phenoxy) is 3. The van der Waals surface area contributed by atoms with Gasteiger partial charge < -0.3 is 30.2 Å². The molecule has 0 radical (unpaired) electrons. The number of benzene rings is 2. The van der Waals surface area contributed by atoms with Gasteiger partial charge >= 0.3 is 5.97 Å². The van der Waals surface area contributed by atoms with Crippen LogP contribution in [0.5, 0.6) is 11.5 Å². The molecule has 0 saturated heterocycles. The highest BCUT2D eigenvalue weighted by molar-refractivity contribution is 5.98. The fraction of sp³-hybridized carbons (Fsp3) is 0.360. The van der Waals surface area contributed by atoms with Gasteiger partial charge in [-0.25, -0.2) is 4.79 Å². The minimum absolute atomic E-state index is 0.270. The molecule has 0 aliphatic heterocycles. The first-order valence-electron chi connectivity index (χ1n) is 11.1. The molecule has 2 aromatic rings. The van der Waals surface area contributed by atoms with Crippen molar-refractivity contribution >= 4 is 35.1 Å². The normalized spacial score (nSPS) is 11.3. The summed E-state index contributed by atoms with van der Waals surface area (Å²) in [5.41, 5.74) is 1.11. The monoisotopic (exact) mass is 485 g/mol. The highest BCUT2D eigenvalue weighted by Gasteiger charge is 2.27. The van der Waals surface area contributed by atoms with Gasteiger partial charge in [-0.05, 0) is 55.3 Å². The number of hydrogen-bond donors (Lipinski definition) is 3. The van der Waals surface area contributed by atoms with Crippen LogP contribution in [0.15, 0.2) is 42.5 Å². The quantitative estimate of drug-likeness (QED) is 0.417.